The summed E-state index contributed by atoms with van der Waals surface area (Å²) < 4.78 is 0. The van der Waals surface area contributed by atoms with Crippen LogP contribution in [0.1, 0.15) is 65.8 Å². The van der Waals surface area contributed by atoms with Crippen LogP contribution in [0, 0.1) is 27.7 Å². The van der Waals surface area contributed by atoms with Crippen LogP contribution in [0.15, 0.2) is 0 Å². The summed E-state index contributed by atoms with van der Waals surface area (Å²) in [5, 5.41) is 10.1. The molecule has 17 heavy (non-hydrogen) atoms. The molecule has 1 aliphatic rings. The van der Waals surface area contributed by atoms with Crippen LogP contribution in [-0.4, -0.2) is 5.11 Å². The van der Waals surface area contributed by atoms with Gasteiger partial charge in [-0.2, -0.15) is 0 Å². The Morgan fingerprint density at radius 1 is 0.765 bits per heavy atom. The van der Waals surface area contributed by atoms with E-state index in [1.165, 1.54) is 48.8 Å². The van der Waals surface area contributed by atoms with Crippen molar-refractivity contribution in [2.24, 2.45) is 0 Å². The molecule has 1 nitrogen and oxygen atoms in total. The minimum atomic E-state index is 0.500. The summed E-state index contributed by atoms with van der Waals surface area (Å²) in [7, 11) is 0. The number of hydrogen-bond donors (Lipinski definition) is 1. The molecule has 0 aliphatic heterocycles. The van der Waals surface area contributed by atoms with E-state index in [0.29, 0.717) is 5.75 Å². The number of phenolic OH excluding ortho intramolecular Hbond substituents is 1. The first-order valence-electron chi connectivity index (χ1n) is 6.83. The third kappa shape index (κ3) is 2.08. The molecular weight excluding hydrogens is 208 g/mol. The van der Waals surface area contributed by atoms with Crippen molar-refractivity contribution in [2.45, 2.75) is 65.7 Å². The van der Waals surface area contributed by atoms with Crippen LogP contribution >= 0.6 is 0 Å². The molecule has 1 aromatic carbocycles. The van der Waals surface area contributed by atoms with Crippen molar-refractivity contribution >= 4 is 0 Å². The minimum Gasteiger partial charge on any atom is -0.507 e. The van der Waals surface area contributed by atoms with Gasteiger partial charge in [-0.25, -0.2) is 0 Å². The fourth-order valence-corrected chi connectivity index (χ4v) is 3.33. The Hall–Kier alpha value is -0.980. The van der Waals surface area contributed by atoms with Gasteiger partial charge in [0, 0.05) is 0 Å². The van der Waals surface area contributed by atoms with E-state index in [4.69, 9.17) is 0 Å². The highest BCUT2D eigenvalue weighted by Crippen LogP contribution is 2.41. The van der Waals surface area contributed by atoms with Gasteiger partial charge >= 0.3 is 0 Å². The molecule has 0 radical (unpaired) electrons. The lowest BCUT2D eigenvalue weighted by Crippen LogP contribution is -2.10. The van der Waals surface area contributed by atoms with Crippen molar-refractivity contribution in [1.29, 1.82) is 0 Å². The van der Waals surface area contributed by atoms with Crippen LogP contribution in [0.4, 0.5) is 0 Å². The van der Waals surface area contributed by atoms with Crippen molar-refractivity contribution in [3.05, 3.63) is 27.8 Å². The van der Waals surface area contributed by atoms with E-state index < -0.39 is 0 Å². The smallest absolute Gasteiger partial charge is 0.121 e. The van der Waals surface area contributed by atoms with Crippen molar-refractivity contribution in [1.82, 2.24) is 0 Å². The van der Waals surface area contributed by atoms with Crippen LogP contribution in [0.3, 0.4) is 0 Å². The maximum absolute atomic E-state index is 10.1. The van der Waals surface area contributed by atoms with Gasteiger partial charge in [0.15, 0.2) is 0 Å². The van der Waals surface area contributed by atoms with E-state index in [-0.39, 0.29) is 0 Å². The van der Waals surface area contributed by atoms with Crippen LogP contribution in [0.5, 0.6) is 5.75 Å². The fraction of sp³-hybridized carbons (Fsp3) is 0.625. The fourth-order valence-electron chi connectivity index (χ4n) is 3.33. The second-order valence-electron chi connectivity index (χ2n) is 5.60. The summed E-state index contributed by atoms with van der Waals surface area (Å²) >= 11 is 0. The zero-order valence-electron chi connectivity index (χ0n) is 11.6. The van der Waals surface area contributed by atoms with Crippen molar-refractivity contribution in [2.75, 3.05) is 0 Å². The highest BCUT2D eigenvalue weighted by Gasteiger charge is 2.22. The molecule has 2 rings (SSSR count). The second kappa shape index (κ2) is 4.72. The van der Waals surface area contributed by atoms with Crippen molar-refractivity contribution in [3.63, 3.8) is 0 Å². The van der Waals surface area contributed by atoms with E-state index in [9.17, 15) is 5.11 Å². The molecule has 0 saturated heterocycles. The third-order valence-electron chi connectivity index (χ3n) is 4.66. The second-order valence-corrected chi connectivity index (χ2v) is 5.60. The maximum atomic E-state index is 10.1. The first kappa shape index (κ1) is 12.5. The number of benzene rings is 1. The summed E-state index contributed by atoms with van der Waals surface area (Å²) in [5.74, 6) is 1.22. The summed E-state index contributed by atoms with van der Waals surface area (Å²) in [4.78, 5) is 0. The predicted octanol–water partition coefficient (Wildman–Crippen LogP) is 4.67. The Bertz CT molecular complexity index is 397. The summed E-state index contributed by atoms with van der Waals surface area (Å²) in [6.07, 6.45) is 6.77. The third-order valence-corrected chi connectivity index (χ3v) is 4.66. The Balaban J connectivity index is 2.52. The van der Waals surface area contributed by atoms with Gasteiger partial charge in [0.1, 0.15) is 5.75 Å². The molecule has 0 spiro atoms. The molecule has 0 aromatic heterocycles. The Kier molecular flexibility index (Phi) is 3.46. The number of phenols is 1. The monoisotopic (exact) mass is 232 g/mol. The molecule has 1 fully saturated rings. The molecule has 0 unspecified atom stereocenters. The molecule has 0 heterocycles. The molecule has 1 heteroatoms. The quantitative estimate of drug-likeness (QED) is 0.745. The van der Waals surface area contributed by atoms with Crippen LogP contribution in [-0.2, 0) is 0 Å². The summed E-state index contributed by atoms with van der Waals surface area (Å²) in [5.41, 5.74) is 6.31. The van der Waals surface area contributed by atoms with Crippen LogP contribution in [0.25, 0.3) is 0 Å². The Morgan fingerprint density at radius 3 is 1.71 bits per heavy atom. The van der Waals surface area contributed by atoms with E-state index in [1.807, 2.05) is 13.8 Å². The zero-order chi connectivity index (χ0) is 12.6. The first-order chi connectivity index (χ1) is 8.04. The minimum absolute atomic E-state index is 0.500. The van der Waals surface area contributed by atoms with Crippen molar-refractivity contribution < 1.29 is 5.11 Å². The lowest BCUT2D eigenvalue weighted by molar-refractivity contribution is 0.436. The number of aromatic hydroxyl groups is 1. The van der Waals surface area contributed by atoms with Gasteiger partial charge in [0.05, 0.1) is 0 Å². The first-order valence-corrected chi connectivity index (χ1v) is 6.83. The molecule has 1 N–H and O–H groups in total. The van der Waals surface area contributed by atoms with Gasteiger partial charge in [0.25, 0.3) is 0 Å². The topological polar surface area (TPSA) is 20.2 Å². The maximum Gasteiger partial charge on any atom is 0.121 e. The number of rotatable bonds is 1. The molecular formula is C16H24O. The molecule has 0 atom stereocenters. The Labute approximate surface area is 105 Å². The standard InChI is InChI=1S/C16H24O/c1-10-12(3)16(17)13(4)11(2)15(10)14-8-6-5-7-9-14/h14,17H,5-9H2,1-4H3. The summed E-state index contributed by atoms with van der Waals surface area (Å²) in [6.45, 7) is 8.43. The normalized spacial score (nSPS) is 17.4. The van der Waals surface area contributed by atoms with Gasteiger partial charge in [-0.05, 0) is 74.3 Å². The lowest BCUT2D eigenvalue weighted by Gasteiger charge is -2.27. The zero-order valence-corrected chi connectivity index (χ0v) is 11.6. The molecule has 0 bridgehead atoms. The molecule has 1 aliphatic carbocycles. The molecule has 94 valence electrons. The average molecular weight is 232 g/mol. The SMILES string of the molecule is Cc1c(C)c(C2CCCCC2)c(C)c(C)c1O. The highest BCUT2D eigenvalue weighted by atomic mass is 16.3. The van der Waals surface area contributed by atoms with Crippen LogP contribution in [0.2, 0.25) is 0 Å². The molecule has 0 amide bonds. The largest absolute Gasteiger partial charge is 0.507 e. The number of hydrogen-bond acceptors (Lipinski definition) is 1. The van der Waals surface area contributed by atoms with E-state index in [1.54, 1.807) is 0 Å². The average Bonchev–Trinajstić information content (AvgIpc) is 2.36. The van der Waals surface area contributed by atoms with Crippen molar-refractivity contribution in [3.8, 4) is 5.75 Å². The van der Waals surface area contributed by atoms with Gasteiger partial charge < -0.3 is 5.11 Å². The lowest BCUT2D eigenvalue weighted by atomic mass is 9.78. The van der Waals surface area contributed by atoms with Gasteiger partial charge in [-0.15, -0.1) is 0 Å². The Morgan fingerprint density at radius 2 is 1.24 bits per heavy atom. The molecule has 1 saturated carbocycles. The molecule has 1 aromatic rings. The van der Waals surface area contributed by atoms with E-state index >= 15 is 0 Å². The summed E-state index contributed by atoms with van der Waals surface area (Å²) in [6, 6.07) is 0. The van der Waals surface area contributed by atoms with E-state index in [2.05, 4.69) is 13.8 Å². The van der Waals surface area contributed by atoms with Crippen LogP contribution < -0.4 is 0 Å². The van der Waals surface area contributed by atoms with Gasteiger partial charge in [-0.3, -0.25) is 0 Å². The van der Waals surface area contributed by atoms with Gasteiger partial charge in [-0.1, -0.05) is 19.3 Å². The predicted molar refractivity (Wildman–Crippen MR) is 72.9 cm³/mol. The highest BCUT2D eigenvalue weighted by molar-refractivity contribution is 5.54. The van der Waals surface area contributed by atoms with Gasteiger partial charge in [0.2, 0.25) is 0 Å². The van der Waals surface area contributed by atoms with E-state index in [0.717, 1.165) is 17.0 Å².